The van der Waals surface area contributed by atoms with Crippen molar-refractivity contribution >= 4 is 5.91 Å². The van der Waals surface area contributed by atoms with Crippen molar-refractivity contribution in [2.45, 2.75) is 92.6 Å². The molecule has 0 radical (unpaired) electrons. The largest absolute Gasteiger partial charge is 0.391 e. The van der Waals surface area contributed by atoms with Crippen LogP contribution in [0.3, 0.4) is 0 Å². The minimum Gasteiger partial charge on any atom is -0.391 e. The van der Waals surface area contributed by atoms with Crippen molar-refractivity contribution in [3.8, 4) is 0 Å². The maximum absolute atomic E-state index is 13.3. The average molecular weight is 352 g/mol. The molecule has 0 aromatic rings. The van der Waals surface area contributed by atoms with Gasteiger partial charge in [-0.3, -0.25) is 4.79 Å². The SMILES string of the molecule is CC(C)(C)C1CCCC(C(C(=O)N2CC[C@@H](O)C2)C(C)(C)C)CCC1. The van der Waals surface area contributed by atoms with Gasteiger partial charge in [0.2, 0.25) is 5.91 Å². The number of aliphatic hydroxyl groups excluding tert-OH is 1. The molecule has 2 atom stereocenters. The third-order valence-electron chi connectivity index (χ3n) is 6.63. The van der Waals surface area contributed by atoms with Gasteiger partial charge in [0.15, 0.2) is 0 Å². The number of hydrogen-bond acceptors (Lipinski definition) is 2. The molecule has 3 heteroatoms. The summed E-state index contributed by atoms with van der Waals surface area (Å²) in [4.78, 5) is 15.2. The zero-order valence-corrected chi connectivity index (χ0v) is 17.5. The second kappa shape index (κ2) is 7.98. The molecule has 2 rings (SSSR count). The number of carbonyl (C=O) groups is 1. The summed E-state index contributed by atoms with van der Waals surface area (Å²) in [5.74, 6) is 1.68. The third-order valence-corrected chi connectivity index (χ3v) is 6.63. The van der Waals surface area contributed by atoms with Crippen molar-refractivity contribution in [3.63, 3.8) is 0 Å². The molecule has 0 spiro atoms. The van der Waals surface area contributed by atoms with Crippen molar-refractivity contribution in [2.75, 3.05) is 13.1 Å². The molecule has 25 heavy (non-hydrogen) atoms. The van der Waals surface area contributed by atoms with Gasteiger partial charge in [0.05, 0.1) is 6.10 Å². The summed E-state index contributed by atoms with van der Waals surface area (Å²) >= 11 is 0. The molecule has 0 aromatic carbocycles. The lowest BCUT2D eigenvalue weighted by Crippen LogP contribution is -2.44. The van der Waals surface area contributed by atoms with Crippen molar-refractivity contribution < 1.29 is 9.90 Å². The number of aliphatic hydroxyl groups is 1. The number of rotatable bonds is 2. The fraction of sp³-hybridized carbons (Fsp3) is 0.955. The van der Waals surface area contributed by atoms with E-state index in [1.54, 1.807) is 0 Å². The molecule has 2 fully saturated rings. The molecule has 2 aliphatic rings. The van der Waals surface area contributed by atoms with Gasteiger partial charge in [-0.1, -0.05) is 54.4 Å². The van der Waals surface area contributed by atoms with Crippen LogP contribution in [0.5, 0.6) is 0 Å². The summed E-state index contributed by atoms with van der Waals surface area (Å²) in [7, 11) is 0. The first kappa shape index (κ1) is 20.7. The first-order valence-corrected chi connectivity index (χ1v) is 10.5. The minimum atomic E-state index is -0.325. The van der Waals surface area contributed by atoms with Crippen LogP contribution in [-0.4, -0.2) is 35.1 Å². The molecule has 1 aliphatic heterocycles. The number of hydrogen-bond donors (Lipinski definition) is 1. The molecule has 1 unspecified atom stereocenters. The van der Waals surface area contributed by atoms with E-state index in [0.29, 0.717) is 23.8 Å². The second-order valence-electron chi connectivity index (χ2n) is 10.8. The zero-order chi connectivity index (χ0) is 18.8. The Morgan fingerprint density at radius 2 is 1.52 bits per heavy atom. The molecular weight excluding hydrogens is 310 g/mol. The standard InChI is InChI=1S/C22H41NO2/c1-21(2,3)17-11-7-9-16(10-8-12-17)19(22(4,5)6)20(25)23-14-13-18(24)15-23/h16-19,24H,7-15H2,1-6H3/t16?,17?,18-,19?/m1/s1. The first-order valence-electron chi connectivity index (χ1n) is 10.5. The molecule has 0 bridgehead atoms. The van der Waals surface area contributed by atoms with E-state index in [-0.39, 0.29) is 17.4 Å². The lowest BCUT2D eigenvalue weighted by atomic mass is 9.66. The second-order valence-corrected chi connectivity index (χ2v) is 10.8. The van der Waals surface area contributed by atoms with E-state index in [1.165, 1.54) is 38.5 Å². The van der Waals surface area contributed by atoms with Crippen LogP contribution in [0.2, 0.25) is 0 Å². The van der Waals surface area contributed by atoms with E-state index in [1.807, 2.05) is 4.90 Å². The lowest BCUT2D eigenvalue weighted by molar-refractivity contribution is -0.141. The normalized spacial score (nSPS) is 30.7. The number of β-amino-alcohol motifs (C(OH)–C–C–N with tert-alkyl or cyclic N) is 1. The number of likely N-dealkylation sites (tertiary alicyclic amines) is 1. The highest BCUT2D eigenvalue weighted by Crippen LogP contribution is 2.43. The van der Waals surface area contributed by atoms with Crippen LogP contribution in [0.15, 0.2) is 0 Å². The number of carbonyl (C=O) groups excluding carboxylic acids is 1. The van der Waals surface area contributed by atoms with Gasteiger partial charge in [0.25, 0.3) is 0 Å². The lowest BCUT2D eigenvalue weighted by Gasteiger charge is -2.41. The minimum absolute atomic E-state index is 0.0160. The Balaban J connectivity index is 2.07. The van der Waals surface area contributed by atoms with Gasteiger partial charge in [-0.2, -0.15) is 0 Å². The molecule has 1 heterocycles. The highest BCUT2D eigenvalue weighted by atomic mass is 16.3. The van der Waals surface area contributed by atoms with Crippen LogP contribution in [0.4, 0.5) is 0 Å². The molecule has 0 aromatic heterocycles. The molecule has 1 saturated carbocycles. The highest BCUT2D eigenvalue weighted by Gasteiger charge is 2.41. The monoisotopic (exact) mass is 351 g/mol. The van der Waals surface area contributed by atoms with E-state index >= 15 is 0 Å². The summed E-state index contributed by atoms with van der Waals surface area (Å²) < 4.78 is 0. The Labute approximate surface area is 155 Å². The van der Waals surface area contributed by atoms with Crippen LogP contribution in [0.1, 0.15) is 86.5 Å². The highest BCUT2D eigenvalue weighted by molar-refractivity contribution is 5.80. The third kappa shape index (κ3) is 5.45. The van der Waals surface area contributed by atoms with E-state index in [9.17, 15) is 9.90 Å². The Bertz CT molecular complexity index is 436. The molecule has 1 amide bonds. The Kier molecular flexibility index (Phi) is 6.62. The smallest absolute Gasteiger partial charge is 0.226 e. The summed E-state index contributed by atoms with van der Waals surface area (Å²) in [5.41, 5.74) is 0.385. The predicted molar refractivity (Wildman–Crippen MR) is 104 cm³/mol. The molecule has 1 aliphatic carbocycles. The quantitative estimate of drug-likeness (QED) is 0.770. The summed E-state index contributed by atoms with van der Waals surface area (Å²) in [6.45, 7) is 15.0. The van der Waals surface area contributed by atoms with Crippen LogP contribution in [0, 0.1) is 28.6 Å². The van der Waals surface area contributed by atoms with Gasteiger partial charge >= 0.3 is 0 Å². The van der Waals surface area contributed by atoms with Crippen molar-refractivity contribution in [1.82, 2.24) is 4.90 Å². The van der Waals surface area contributed by atoms with Crippen LogP contribution >= 0.6 is 0 Å². The van der Waals surface area contributed by atoms with E-state index in [4.69, 9.17) is 0 Å². The Hall–Kier alpha value is -0.570. The molecular formula is C22H41NO2. The topological polar surface area (TPSA) is 40.5 Å². The first-order chi connectivity index (χ1) is 11.5. The van der Waals surface area contributed by atoms with Crippen molar-refractivity contribution in [3.05, 3.63) is 0 Å². The van der Waals surface area contributed by atoms with Gasteiger partial charge in [-0.05, 0) is 54.8 Å². The Morgan fingerprint density at radius 3 is 1.92 bits per heavy atom. The fourth-order valence-corrected chi connectivity index (χ4v) is 5.16. The van der Waals surface area contributed by atoms with Gasteiger partial charge in [-0.25, -0.2) is 0 Å². The summed E-state index contributed by atoms with van der Waals surface area (Å²) in [6.07, 6.45) is 7.85. The molecule has 146 valence electrons. The van der Waals surface area contributed by atoms with Crippen LogP contribution < -0.4 is 0 Å². The van der Waals surface area contributed by atoms with Crippen molar-refractivity contribution in [2.24, 2.45) is 28.6 Å². The van der Waals surface area contributed by atoms with Crippen LogP contribution in [-0.2, 0) is 4.79 Å². The summed E-state index contributed by atoms with van der Waals surface area (Å²) in [6, 6.07) is 0. The average Bonchev–Trinajstić information content (AvgIpc) is 2.85. The van der Waals surface area contributed by atoms with Gasteiger partial charge in [0, 0.05) is 19.0 Å². The van der Waals surface area contributed by atoms with Gasteiger partial charge in [0.1, 0.15) is 0 Å². The molecule has 1 N–H and O–H groups in total. The Morgan fingerprint density at radius 1 is 0.960 bits per heavy atom. The van der Waals surface area contributed by atoms with E-state index < -0.39 is 0 Å². The number of nitrogens with zero attached hydrogens (tertiary/aromatic N) is 1. The maximum atomic E-state index is 13.3. The van der Waals surface area contributed by atoms with E-state index in [2.05, 4.69) is 41.5 Å². The predicted octanol–water partition coefficient (Wildman–Crippen LogP) is 4.87. The fourth-order valence-electron chi connectivity index (χ4n) is 5.16. The van der Waals surface area contributed by atoms with Crippen LogP contribution in [0.25, 0.3) is 0 Å². The molecule has 1 saturated heterocycles. The van der Waals surface area contributed by atoms with Gasteiger partial charge < -0.3 is 10.0 Å². The van der Waals surface area contributed by atoms with E-state index in [0.717, 1.165) is 18.9 Å². The maximum Gasteiger partial charge on any atom is 0.226 e. The number of amides is 1. The van der Waals surface area contributed by atoms with Gasteiger partial charge in [-0.15, -0.1) is 0 Å². The van der Waals surface area contributed by atoms with Crippen molar-refractivity contribution in [1.29, 1.82) is 0 Å². The zero-order valence-electron chi connectivity index (χ0n) is 17.5. The summed E-state index contributed by atoms with van der Waals surface area (Å²) in [5, 5.41) is 9.84. The molecule has 3 nitrogen and oxygen atoms in total.